The van der Waals surface area contributed by atoms with E-state index in [-0.39, 0.29) is 10.8 Å². The van der Waals surface area contributed by atoms with Crippen molar-refractivity contribution in [2.75, 3.05) is 0 Å². The first-order valence-electron chi connectivity index (χ1n) is 13.9. The molecule has 0 aromatic rings. The van der Waals surface area contributed by atoms with E-state index in [2.05, 4.69) is 93.2 Å². The largest absolute Gasteiger partial charge is 0.398 e. The second-order valence-corrected chi connectivity index (χ2v) is 13.1. The Hall–Kier alpha value is -0.630. The number of hydrogen-bond donors (Lipinski definition) is 1. The highest BCUT2D eigenvalue weighted by Gasteiger charge is 2.32. The Morgan fingerprint density at radius 1 is 0.970 bits per heavy atom. The number of nitrogens with two attached hydrogens (primary N) is 1. The van der Waals surface area contributed by atoms with Gasteiger partial charge in [-0.15, -0.1) is 0 Å². The third-order valence-corrected chi connectivity index (χ3v) is 9.40. The van der Waals surface area contributed by atoms with E-state index in [0.29, 0.717) is 11.2 Å². The van der Waals surface area contributed by atoms with Crippen LogP contribution in [0.2, 0.25) is 0 Å². The molecule has 2 N–H and O–H groups in total. The van der Waals surface area contributed by atoms with Crippen molar-refractivity contribution in [3.8, 4) is 0 Å². The predicted octanol–water partition coefficient (Wildman–Crippen LogP) is 10.5. The first-order chi connectivity index (χ1) is 15.4. The molecule has 0 spiro atoms. The van der Waals surface area contributed by atoms with Gasteiger partial charge in [-0.2, -0.15) is 11.8 Å². The van der Waals surface area contributed by atoms with Gasteiger partial charge in [0, 0.05) is 16.2 Å². The number of hydrogen-bond acceptors (Lipinski definition) is 2. The Morgan fingerprint density at radius 2 is 1.45 bits per heavy atom. The third kappa shape index (κ3) is 10.3. The van der Waals surface area contributed by atoms with Crippen molar-refractivity contribution < 1.29 is 0 Å². The summed E-state index contributed by atoms with van der Waals surface area (Å²) in [5.74, 6) is 0.566. The van der Waals surface area contributed by atoms with E-state index in [1.54, 1.807) is 0 Å². The van der Waals surface area contributed by atoms with Crippen molar-refractivity contribution in [3.05, 3.63) is 34.6 Å². The van der Waals surface area contributed by atoms with Crippen LogP contribution in [0.1, 0.15) is 134 Å². The van der Waals surface area contributed by atoms with Crippen LogP contribution in [0.4, 0.5) is 0 Å². The lowest BCUT2D eigenvalue weighted by Crippen LogP contribution is -2.28. The Kier molecular flexibility index (Phi) is 15.1. The van der Waals surface area contributed by atoms with E-state index < -0.39 is 0 Å². The first-order valence-corrected chi connectivity index (χ1v) is 14.8. The van der Waals surface area contributed by atoms with Crippen LogP contribution in [0.5, 0.6) is 0 Å². The molecule has 0 saturated heterocycles. The summed E-state index contributed by atoms with van der Waals surface area (Å²) >= 11 is 2.17. The summed E-state index contributed by atoms with van der Waals surface area (Å²) in [5, 5.41) is 1.21. The van der Waals surface area contributed by atoms with Gasteiger partial charge < -0.3 is 5.73 Å². The van der Waals surface area contributed by atoms with Gasteiger partial charge in [-0.25, -0.2) is 0 Å². The molecule has 2 unspecified atom stereocenters. The molecule has 0 heterocycles. The summed E-state index contributed by atoms with van der Waals surface area (Å²) in [6, 6.07) is 0. The van der Waals surface area contributed by atoms with E-state index in [0.717, 1.165) is 17.4 Å². The highest BCUT2D eigenvalue weighted by molar-refractivity contribution is 8.00. The molecule has 1 rings (SSSR count). The van der Waals surface area contributed by atoms with Gasteiger partial charge in [0.05, 0.1) is 0 Å². The second kappa shape index (κ2) is 15.4. The zero-order valence-electron chi connectivity index (χ0n) is 24.5. The molecule has 1 fully saturated rings. The molecule has 0 aliphatic heterocycles. The van der Waals surface area contributed by atoms with E-state index in [1.807, 2.05) is 13.8 Å². The maximum absolute atomic E-state index is 7.06. The molecule has 0 aromatic heterocycles. The van der Waals surface area contributed by atoms with Crippen molar-refractivity contribution in [3.63, 3.8) is 0 Å². The van der Waals surface area contributed by atoms with Gasteiger partial charge in [-0.3, -0.25) is 0 Å². The normalized spacial score (nSPS) is 20.1. The fraction of sp³-hybridized carbons (Fsp3) is 0.806. The lowest BCUT2D eigenvalue weighted by Gasteiger charge is -2.36. The number of thioether (sulfide) groups is 1. The van der Waals surface area contributed by atoms with Crippen LogP contribution in [0.25, 0.3) is 0 Å². The minimum absolute atomic E-state index is 0.0320. The maximum atomic E-state index is 7.06. The minimum atomic E-state index is 0.0320. The van der Waals surface area contributed by atoms with Gasteiger partial charge in [0.1, 0.15) is 0 Å². The van der Waals surface area contributed by atoms with Gasteiger partial charge in [-0.1, -0.05) is 119 Å². The molecule has 1 nitrogen and oxygen atoms in total. The van der Waals surface area contributed by atoms with Gasteiger partial charge in [0.2, 0.25) is 0 Å². The fourth-order valence-corrected chi connectivity index (χ4v) is 6.09. The van der Waals surface area contributed by atoms with Crippen molar-refractivity contribution >= 4 is 11.8 Å². The summed E-state index contributed by atoms with van der Waals surface area (Å²) in [7, 11) is 0. The number of rotatable bonds is 8. The third-order valence-electron chi connectivity index (χ3n) is 7.88. The quantitative estimate of drug-likeness (QED) is 0.352. The summed E-state index contributed by atoms with van der Waals surface area (Å²) in [4.78, 5) is 0. The molecule has 194 valence electrons. The average Bonchev–Trinajstić information content (AvgIpc) is 2.73. The molecular weight excluding hydrogens is 418 g/mol. The van der Waals surface area contributed by atoms with Crippen LogP contribution in [0.3, 0.4) is 0 Å². The van der Waals surface area contributed by atoms with E-state index in [1.165, 1.54) is 61.7 Å². The zero-order valence-corrected chi connectivity index (χ0v) is 25.3. The molecule has 0 amide bonds. The van der Waals surface area contributed by atoms with Crippen LogP contribution < -0.4 is 5.73 Å². The Balaban J connectivity index is 0.00000497. The summed E-state index contributed by atoms with van der Waals surface area (Å²) < 4.78 is 0. The SMILES string of the molecule is CC.C\C=C(/C(N)=C(\C=C(/C)C(C)(C)C)C(C)(C)C(C)CC)C(C)SC1CCCCCCC1. The lowest BCUT2D eigenvalue weighted by molar-refractivity contribution is 0.282. The van der Waals surface area contributed by atoms with Crippen molar-refractivity contribution in [2.45, 2.75) is 145 Å². The van der Waals surface area contributed by atoms with Crippen molar-refractivity contribution in [1.29, 1.82) is 0 Å². The van der Waals surface area contributed by atoms with Gasteiger partial charge in [-0.05, 0) is 61.5 Å². The average molecular weight is 478 g/mol. The van der Waals surface area contributed by atoms with E-state index in [9.17, 15) is 0 Å². The molecular formula is C31H59NS. The smallest absolute Gasteiger partial charge is 0.0392 e. The van der Waals surface area contributed by atoms with E-state index in [4.69, 9.17) is 5.73 Å². The molecule has 2 atom stereocenters. The molecule has 1 aliphatic carbocycles. The van der Waals surface area contributed by atoms with E-state index >= 15 is 0 Å². The van der Waals surface area contributed by atoms with Crippen LogP contribution in [0.15, 0.2) is 34.6 Å². The second-order valence-electron chi connectivity index (χ2n) is 11.4. The molecule has 33 heavy (non-hydrogen) atoms. The highest BCUT2D eigenvalue weighted by Crippen LogP contribution is 2.43. The molecule has 0 bridgehead atoms. The van der Waals surface area contributed by atoms with Gasteiger partial charge in [0.15, 0.2) is 0 Å². The Labute approximate surface area is 213 Å². The van der Waals surface area contributed by atoms with Crippen molar-refractivity contribution in [2.24, 2.45) is 22.5 Å². The van der Waals surface area contributed by atoms with Gasteiger partial charge >= 0.3 is 0 Å². The Morgan fingerprint density at radius 3 is 1.88 bits per heavy atom. The summed E-state index contributed by atoms with van der Waals surface area (Å²) in [5.41, 5.74) is 12.3. The van der Waals surface area contributed by atoms with Crippen molar-refractivity contribution in [1.82, 2.24) is 0 Å². The number of allylic oxidation sites excluding steroid dienone is 5. The minimum Gasteiger partial charge on any atom is -0.398 e. The molecule has 1 saturated carbocycles. The summed E-state index contributed by atoms with van der Waals surface area (Å²) in [6.45, 7) is 27.1. The lowest BCUT2D eigenvalue weighted by atomic mass is 9.70. The van der Waals surface area contributed by atoms with Crippen LogP contribution in [-0.2, 0) is 0 Å². The Bertz CT molecular complexity index is 636. The molecule has 2 heteroatoms. The predicted molar refractivity (Wildman–Crippen MR) is 156 cm³/mol. The van der Waals surface area contributed by atoms with Crippen LogP contribution in [0, 0.1) is 16.7 Å². The maximum Gasteiger partial charge on any atom is 0.0392 e. The monoisotopic (exact) mass is 477 g/mol. The van der Waals surface area contributed by atoms with Crippen LogP contribution in [-0.4, -0.2) is 10.5 Å². The standard InChI is InChI=1S/C29H53NS.C2H6/c1-11-21(3)29(9,10)26(20-22(4)28(6,7)8)27(30)25(12-2)23(5)31-24-18-16-14-13-15-17-19-24;1-2/h12,20-21,23-24H,11,13-19,30H2,1-10H3;1-2H3/b22-20+,25-12-,27-26-;. The zero-order chi connectivity index (χ0) is 25.8. The van der Waals surface area contributed by atoms with Crippen LogP contribution >= 0.6 is 11.8 Å². The molecule has 1 aliphatic rings. The van der Waals surface area contributed by atoms with Gasteiger partial charge in [0.25, 0.3) is 0 Å². The molecule has 0 radical (unpaired) electrons. The molecule has 0 aromatic carbocycles. The first kappa shape index (κ1) is 32.4. The topological polar surface area (TPSA) is 26.0 Å². The fourth-order valence-electron chi connectivity index (χ4n) is 4.50. The summed E-state index contributed by atoms with van der Waals surface area (Å²) in [6.07, 6.45) is 15.6. The highest BCUT2D eigenvalue weighted by atomic mass is 32.2.